The molecule has 6 heteroatoms. The van der Waals surface area contributed by atoms with E-state index in [9.17, 15) is 9.59 Å². The van der Waals surface area contributed by atoms with Crippen LogP contribution >= 0.6 is 11.8 Å². The highest BCUT2D eigenvalue weighted by Crippen LogP contribution is 2.24. The molecule has 0 radical (unpaired) electrons. The lowest BCUT2D eigenvalue weighted by Crippen LogP contribution is -2.40. The Labute approximate surface area is 97.0 Å². The Morgan fingerprint density at radius 3 is 2.56 bits per heavy atom. The van der Waals surface area contributed by atoms with E-state index in [1.165, 1.54) is 11.8 Å². The summed E-state index contributed by atoms with van der Waals surface area (Å²) in [7, 11) is 0. The van der Waals surface area contributed by atoms with Crippen LogP contribution in [0.5, 0.6) is 0 Å². The van der Waals surface area contributed by atoms with Crippen molar-refractivity contribution in [2.24, 2.45) is 0 Å². The van der Waals surface area contributed by atoms with Crippen molar-refractivity contribution in [2.45, 2.75) is 17.5 Å². The van der Waals surface area contributed by atoms with Crippen molar-refractivity contribution in [1.82, 2.24) is 15.6 Å². The molecule has 1 aliphatic heterocycles. The number of hydrogen-bond donors (Lipinski definition) is 2. The van der Waals surface area contributed by atoms with Gasteiger partial charge >= 0.3 is 6.03 Å². The van der Waals surface area contributed by atoms with E-state index in [-0.39, 0.29) is 5.91 Å². The molecule has 2 rings (SSSR count). The molecule has 1 saturated heterocycles. The summed E-state index contributed by atoms with van der Waals surface area (Å²) >= 11 is 1.52. The van der Waals surface area contributed by atoms with Gasteiger partial charge in [0.1, 0.15) is 5.54 Å². The van der Waals surface area contributed by atoms with Gasteiger partial charge in [0.25, 0.3) is 5.91 Å². The second kappa shape index (κ2) is 3.79. The number of nitrogens with one attached hydrogen (secondary N) is 2. The zero-order valence-corrected chi connectivity index (χ0v) is 9.72. The van der Waals surface area contributed by atoms with Crippen LogP contribution in [0.1, 0.15) is 12.5 Å². The summed E-state index contributed by atoms with van der Waals surface area (Å²) in [6.45, 7) is 1.66. The molecule has 1 unspecified atom stereocenters. The first kappa shape index (κ1) is 10.9. The summed E-state index contributed by atoms with van der Waals surface area (Å²) in [5, 5.41) is 5.67. The van der Waals surface area contributed by atoms with Crippen molar-refractivity contribution >= 4 is 23.7 Å². The average molecular weight is 237 g/mol. The molecule has 0 saturated carbocycles. The number of thioether (sulfide) groups is 1. The number of pyridine rings is 1. The number of imide groups is 1. The van der Waals surface area contributed by atoms with E-state index in [0.717, 1.165) is 5.03 Å². The van der Waals surface area contributed by atoms with Crippen LogP contribution in [-0.2, 0) is 10.3 Å². The number of amides is 3. The maximum atomic E-state index is 11.6. The van der Waals surface area contributed by atoms with E-state index >= 15 is 0 Å². The van der Waals surface area contributed by atoms with Crippen molar-refractivity contribution < 1.29 is 9.59 Å². The third-order valence-corrected chi connectivity index (χ3v) is 3.23. The van der Waals surface area contributed by atoms with Gasteiger partial charge in [0.2, 0.25) is 0 Å². The number of nitrogens with zero attached hydrogens (tertiary/aromatic N) is 1. The number of carbonyl (C=O) groups is 2. The summed E-state index contributed by atoms with van der Waals surface area (Å²) < 4.78 is 0. The van der Waals surface area contributed by atoms with Crippen molar-refractivity contribution in [2.75, 3.05) is 6.26 Å². The third-order valence-electron chi connectivity index (χ3n) is 2.57. The Morgan fingerprint density at radius 1 is 1.38 bits per heavy atom. The number of carbonyl (C=O) groups excluding carboxylic acids is 2. The largest absolute Gasteiger partial charge is 0.322 e. The zero-order valence-electron chi connectivity index (χ0n) is 8.90. The highest BCUT2D eigenvalue weighted by Gasteiger charge is 2.43. The van der Waals surface area contributed by atoms with E-state index in [1.807, 2.05) is 12.3 Å². The molecule has 0 aromatic carbocycles. The zero-order chi connectivity index (χ0) is 11.8. The predicted octanol–water partition coefficient (Wildman–Crippen LogP) is 0.858. The summed E-state index contributed by atoms with van der Waals surface area (Å²) in [6.07, 6.45) is 3.53. The quantitative estimate of drug-likeness (QED) is 0.591. The first-order chi connectivity index (χ1) is 7.56. The van der Waals surface area contributed by atoms with Crippen LogP contribution in [0.3, 0.4) is 0 Å². The number of urea groups is 1. The number of rotatable bonds is 2. The molecule has 1 atom stereocenters. The minimum atomic E-state index is -1.01. The number of hydrogen-bond acceptors (Lipinski definition) is 4. The lowest BCUT2D eigenvalue weighted by Gasteiger charge is -2.20. The minimum absolute atomic E-state index is 0.351. The molecule has 1 aromatic rings. The van der Waals surface area contributed by atoms with Gasteiger partial charge in [-0.15, -0.1) is 11.8 Å². The van der Waals surface area contributed by atoms with Crippen molar-refractivity contribution in [3.63, 3.8) is 0 Å². The van der Waals surface area contributed by atoms with Gasteiger partial charge in [-0.25, -0.2) is 9.78 Å². The van der Waals surface area contributed by atoms with Crippen LogP contribution in [0.2, 0.25) is 0 Å². The second-order valence-corrected chi connectivity index (χ2v) is 4.45. The fourth-order valence-corrected chi connectivity index (χ4v) is 1.91. The second-order valence-electron chi connectivity index (χ2n) is 3.62. The molecule has 1 fully saturated rings. The maximum Gasteiger partial charge on any atom is 0.322 e. The first-order valence-electron chi connectivity index (χ1n) is 4.70. The monoisotopic (exact) mass is 237 g/mol. The van der Waals surface area contributed by atoms with Crippen LogP contribution < -0.4 is 10.6 Å². The van der Waals surface area contributed by atoms with Gasteiger partial charge in [-0.3, -0.25) is 10.1 Å². The van der Waals surface area contributed by atoms with Crippen LogP contribution in [0.4, 0.5) is 4.79 Å². The van der Waals surface area contributed by atoms with Gasteiger partial charge in [-0.05, 0) is 19.2 Å². The fourth-order valence-electron chi connectivity index (χ4n) is 1.54. The lowest BCUT2D eigenvalue weighted by molar-refractivity contribution is -0.123. The molecule has 1 aromatic heterocycles. The van der Waals surface area contributed by atoms with Gasteiger partial charge in [-0.2, -0.15) is 0 Å². The molecule has 0 spiro atoms. The average Bonchev–Trinajstić information content (AvgIpc) is 2.54. The molecule has 2 N–H and O–H groups in total. The Kier molecular flexibility index (Phi) is 2.59. The standard InChI is InChI=1S/C10H11N3O2S/c1-10(8(14)12-9(15)13-10)6-3-4-7(16-2)11-5-6/h3-5H,1-2H3,(H2,12,13,14,15). The first-order valence-corrected chi connectivity index (χ1v) is 5.93. The normalized spacial score (nSPS) is 24.1. The molecule has 0 aliphatic carbocycles. The Morgan fingerprint density at radius 2 is 2.12 bits per heavy atom. The summed E-state index contributed by atoms with van der Waals surface area (Å²) in [5.41, 5.74) is -0.338. The van der Waals surface area contributed by atoms with E-state index in [2.05, 4.69) is 15.6 Å². The molecule has 0 bridgehead atoms. The Balaban J connectivity index is 2.36. The van der Waals surface area contributed by atoms with E-state index in [4.69, 9.17) is 0 Å². The van der Waals surface area contributed by atoms with E-state index in [1.54, 1.807) is 19.2 Å². The van der Waals surface area contributed by atoms with Crippen LogP contribution in [0.15, 0.2) is 23.4 Å². The highest BCUT2D eigenvalue weighted by atomic mass is 32.2. The van der Waals surface area contributed by atoms with Gasteiger partial charge in [0.15, 0.2) is 0 Å². The smallest absolute Gasteiger partial charge is 0.320 e. The predicted molar refractivity (Wildman–Crippen MR) is 60.0 cm³/mol. The summed E-state index contributed by atoms with van der Waals surface area (Å²) in [6, 6.07) is 3.15. The van der Waals surface area contributed by atoms with E-state index < -0.39 is 11.6 Å². The Bertz CT molecular complexity index is 446. The molecule has 84 valence electrons. The molecular formula is C10H11N3O2S. The van der Waals surface area contributed by atoms with Gasteiger partial charge < -0.3 is 5.32 Å². The third kappa shape index (κ3) is 1.65. The van der Waals surface area contributed by atoms with Crippen molar-refractivity contribution in [3.05, 3.63) is 23.9 Å². The fraction of sp³-hybridized carbons (Fsp3) is 0.300. The molecule has 5 nitrogen and oxygen atoms in total. The topological polar surface area (TPSA) is 71.1 Å². The highest BCUT2D eigenvalue weighted by molar-refractivity contribution is 7.98. The SMILES string of the molecule is CSc1ccc(C2(C)NC(=O)NC2=O)cn1. The molecular weight excluding hydrogens is 226 g/mol. The van der Waals surface area contributed by atoms with Crippen LogP contribution in [0, 0.1) is 0 Å². The van der Waals surface area contributed by atoms with Crippen LogP contribution in [-0.4, -0.2) is 23.2 Å². The van der Waals surface area contributed by atoms with Gasteiger partial charge in [0.05, 0.1) is 5.03 Å². The maximum absolute atomic E-state index is 11.6. The van der Waals surface area contributed by atoms with Gasteiger partial charge in [0, 0.05) is 11.8 Å². The van der Waals surface area contributed by atoms with Gasteiger partial charge in [-0.1, -0.05) is 6.07 Å². The molecule has 3 amide bonds. The van der Waals surface area contributed by atoms with E-state index in [0.29, 0.717) is 5.56 Å². The minimum Gasteiger partial charge on any atom is -0.320 e. The lowest BCUT2D eigenvalue weighted by atomic mass is 9.94. The molecule has 16 heavy (non-hydrogen) atoms. The molecule has 2 heterocycles. The number of aromatic nitrogens is 1. The van der Waals surface area contributed by atoms with Crippen molar-refractivity contribution in [1.29, 1.82) is 0 Å². The van der Waals surface area contributed by atoms with Crippen LogP contribution in [0.25, 0.3) is 0 Å². The summed E-state index contributed by atoms with van der Waals surface area (Å²) in [4.78, 5) is 26.9. The van der Waals surface area contributed by atoms with Crippen molar-refractivity contribution in [3.8, 4) is 0 Å². The Hall–Kier alpha value is -1.56. The molecule has 1 aliphatic rings. The summed E-state index contributed by atoms with van der Waals surface area (Å²) in [5.74, 6) is -0.351.